The van der Waals surface area contributed by atoms with Gasteiger partial charge in [0.2, 0.25) is 0 Å². The van der Waals surface area contributed by atoms with Gasteiger partial charge in [0.1, 0.15) is 5.75 Å². The lowest BCUT2D eigenvalue weighted by Crippen LogP contribution is -1.99. The van der Waals surface area contributed by atoms with Crippen LogP contribution in [0.2, 0.25) is 0 Å². The lowest BCUT2D eigenvalue weighted by molar-refractivity contribution is 0.133. The van der Waals surface area contributed by atoms with Gasteiger partial charge in [0.25, 0.3) is 0 Å². The van der Waals surface area contributed by atoms with Gasteiger partial charge < -0.3 is 9.47 Å². The molecule has 0 radical (unpaired) electrons. The van der Waals surface area contributed by atoms with Crippen LogP contribution in [0.15, 0.2) is 6.07 Å². The predicted octanol–water partition coefficient (Wildman–Crippen LogP) is 3.67. The average molecular weight is 332 g/mol. The fourth-order valence-corrected chi connectivity index (χ4v) is 2.99. The van der Waals surface area contributed by atoms with E-state index in [2.05, 4.69) is 35.6 Å². The first kappa shape index (κ1) is 12.2. The minimum Gasteiger partial charge on any atom is -0.496 e. The molecule has 16 heavy (non-hydrogen) atoms. The summed E-state index contributed by atoms with van der Waals surface area (Å²) < 4.78 is 12.3. The molecule has 0 spiro atoms. The second-order valence-electron chi connectivity index (χ2n) is 4.11. The van der Waals surface area contributed by atoms with E-state index in [0.29, 0.717) is 6.61 Å². The highest BCUT2D eigenvalue weighted by Gasteiger charge is 2.21. The number of hydrogen-bond donors (Lipinski definition) is 0. The van der Waals surface area contributed by atoms with Crippen LogP contribution in [-0.4, -0.2) is 7.11 Å². The maximum absolute atomic E-state index is 5.51. The van der Waals surface area contributed by atoms with Crippen molar-refractivity contribution in [1.82, 2.24) is 0 Å². The monoisotopic (exact) mass is 332 g/mol. The van der Waals surface area contributed by atoms with E-state index >= 15 is 0 Å². The third-order valence-corrected chi connectivity index (χ3v) is 4.37. The summed E-state index contributed by atoms with van der Waals surface area (Å²) in [5.74, 6) is 0.999. The highest BCUT2D eigenvalue weighted by Crippen LogP contribution is 2.35. The largest absolute Gasteiger partial charge is 0.496 e. The Balaban J connectivity index is 2.39. The summed E-state index contributed by atoms with van der Waals surface area (Å²) in [5.41, 5.74) is 3.99. The third kappa shape index (κ3) is 2.20. The minimum atomic E-state index is 0.697. The molecule has 0 amide bonds. The average Bonchev–Trinajstić information content (AvgIpc) is 2.78. The van der Waals surface area contributed by atoms with Crippen molar-refractivity contribution < 1.29 is 9.47 Å². The third-order valence-electron chi connectivity index (χ3n) is 3.03. The first-order chi connectivity index (χ1) is 7.77. The SMILES string of the molecule is CCCCc1cc(OC)c2c(c1I)COC2. The molecule has 0 saturated heterocycles. The Morgan fingerprint density at radius 1 is 1.38 bits per heavy atom. The number of methoxy groups -OCH3 is 1. The van der Waals surface area contributed by atoms with E-state index in [9.17, 15) is 0 Å². The van der Waals surface area contributed by atoms with E-state index < -0.39 is 0 Å². The van der Waals surface area contributed by atoms with Gasteiger partial charge in [-0.3, -0.25) is 0 Å². The summed E-state index contributed by atoms with van der Waals surface area (Å²) in [7, 11) is 1.74. The molecule has 0 N–H and O–H groups in total. The minimum absolute atomic E-state index is 0.697. The Morgan fingerprint density at radius 3 is 2.81 bits per heavy atom. The van der Waals surface area contributed by atoms with Crippen LogP contribution in [0.1, 0.15) is 36.5 Å². The summed E-state index contributed by atoms with van der Waals surface area (Å²) >= 11 is 2.44. The number of unbranched alkanes of at least 4 members (excludes halogenated alkanes) is 1. The van der Waals surface area contributed by atoms with Crippen molar-refractivity contribution in [2.45, 2.75) is 39.4 Å². The van der Waals surface area contributed by atoms with Gasteiger partial charge in [-0.15, -0.1) is 0 Å². The lowest BCUT2D eigenvalue weighted by atomic mass is 10.0. The summed E-state index contributed by atoms with van der Waals surface area (Å²) in [6, 6.07) is 2.19. The number of fused-ring (bicyclic) bond motifs is 1. The topological polar surface area (TPSA) is 18.5 Å². The van der Waals surface area contributed by atoms with Crippen molar-refractivity contribution in [3.63, 3.8) is 0 Å². The van der Waals surface area contributed by atoms with Crippen molar-refractivity contribution in [1.29, 1.82) is 0 Å². The molecule has 1 aromatic carbocycles. The van der Waals surface area contributed by atoms with Crippen molar-refractivity contribution in [3.05, 3.63) is 26.3 Å². The fraction of sp³-hybridized carbons (Fsp3) is 0.538. The number of aryl methyl sites for hydroxylation is 1. The van der Waals surface area contributed by atoms with Crippen LogP contribution in [0.4, 0.5) is 0 Å². The van der Waals surface area contributed by atoms with E-state index in [1.54, 1.807) is 7.11 Å². The summed E-state index contributed by atoms with van der Waals surface area (Å²) in [5, 5.41) is 0. The zero-order chi connectivity index (χ0) is 11.5. The van der Waals surface area contributed by atoms with Crippen LogP contribution >= 0.6 is 22.6 Å². The first-order valence-corrected chi connectivity index (χ1v) is 6.80. The number of hydrogen-bond acceptors (Lipinski definition) is 2. The van der Waals surface area contributed by atoms with Crippen molar-refractivity contribution in [2.24, 2.45) is 0 Å². The molecule has 3 heteroatoms. The lowest BCUT2D eigenvalue weighted by Gasteiger charge is -2.12. The number of ether oxygens (including phenoxy) is 2. The molecule has 1 aliphatic heterocycles. The number of benzene rings is 1. The van der Waals surface area contributed by atoms with Crippen LogP contribution in [-0.2, 0) is 24.4 Å². The fourth-order valence-electron chi connectivity index (χ4n) is 2.08. The van der Waals surface area contributed by atoms with E-state index in [0.717, 1.165) is 18.8 Å². The molecule has 0 aromatic heterocycles. The molecule has 0 atom stereocenters. The molecule has 88 valence electrons. The van der Waals surface area contributed by atoms with Gasteiger partial charge in [0.15, 0.2) is 0 Å². The van der Waals surface area contributed by atoms with Crippen LogP contribution in [0.3, 0.4) is 0 Å². The van der Waals surface area contributed by atoms with Crippen molar-refractivity contribution >= 4 is 22.6 Å². The number of halogens is 1. The Hall–Kier alpha value is -0.290. The maximum atomic E-state index is 5.51. The van der Waals surface area contributed by atoms with Crippen molar-refractivity contribution in [3.8, 4) is 5.75 Å². The van der Waals surface area contributed by atoms with E-state index in [4.69, 9.17) is 9.47 Å². The molecule has 2 rings (SSSR count). The Kier molecular flexibility index (Phi) is 4.08. The summed E-state index contributed by atoms with van der Waals surface area (Å²) in [4.78, 5) is 0. The smallest absolute Gasteiger partial charge is 0.125 e. The highest BCUT2D eigenvalue weighted by atomic mass is 127. The van der Waals surface area contributed by atoms with Gasteiger partial charge in [-0.1, -0.05) is 13.3 Å². The second kappa shape index (κ2) is 5.36. The highest BCUT2D eigenvalue weighted by molar-refractivity contribution is 14.1. The molecule has 1 aliphatic rings. The van der Waals surface area contributed by atoms with Crippen LogP contribution in [0, 0.1) is 3.57 Å². The Labute approximate surface area is 110 Å². The van der Waals surface area contributed by atoms with Crippen LogP contribution < -0.4 is 4.74 Å². The van der Waals surface area contributed by atoms with Crippen LogP contribution in [0.25, 0.3) is 0 Å². The Bertz CT molecular complexity index is 388. The quantitative estimate of drug-likeness (QED) is 0.784. The summed E-state index contributed by atoms with van der Waals surface area (Å²) in [6.45, 7) is 3.66. The molecule has 1 heterocycles. The maximum Gasteiger partial charge on any atom is 0.125 e. The molecule has 2 nitrogen and oxygen atoms in total. The van der Waals surface area contributed by atoms with E-state index in [1.807, 2.05) is 0 Å². The molecule has 0 saturated carbocycles. The molecule has 0 bridgehead atoms. The number of rotatable bonds is 4. The van der Waals surface area contributed by atoms with E-state index in [-0.39, 0.29) is 0 Å². The van der Waals surface area contributed by atoms with Gasteiger partial charge in [0.05, 0.1) is 20.3 Å². The zero-order valence-corrected chi connectivity index (χ0v) is 12.0. The van der Waals surface area contributed by atoms with Gasteiger partial charge >= 0.3 is 0 Å². The van der Waals surface area contributed by atoms with Crippen LogP contribution in [0.5, 0.6) is 5.75 Å². The van der Waals surface area contributed by atoms with Crippen molar-refractivity contribution in [2.75, 3.05) is 7.11 Å². The first-order valence-electron chi connectivity index (χ1n) is 5.72. The summed E-state index contributed by atoms with van der Waals surface area (Å²) in [6.07, 6.45) is 3.60. The zero-order valence-electron chi connectivity index (χ0n) is 9.81. The van der Waals surface area contributed by atoms with Gasteiger partial charge in [-0.05, 0) is 47.1 Å². The van der Waals surface area contributed by atoms with Gasteiger partial charge in [-0.25, -0.2) is 0 Å². The molecule has 0 unspecified atom stereocenters. The second-order valence-corrected chi connectivity index (χ2v) is 5.18. The standard InChI is InChI=1S/C13H17IO2/c1-3-4-5-9-6-12(15-2)10-7-16-8-11(10)13(9)14/h6H,3-5,7-8H2,1-2H3. The van der Waals surface area contributed by atoms with Gasteiger partial charge in [-0.2, -0.15) is 0 Å². The van der Waals surface area contributed by atoms with E-state index in [1.165, 1.54) is 33.1 Å². The van der Waals surface area contributed by atoms with Gasteiger partial charge in [0, 0.05) is 14.7 Å². The molecule has 0 aliphatic carbocycles. The Morgan fingerprint density at radius 2 is 2.12 bits per heavy atom. The molecule has 1 aromatic rings. The predicted molar refractivity (Wildman–Crippen MR) is 72.8 cm³/mol. The normalized spacial score (nSPS) is 13.9. The molecular formula is C13H17IO2. The molecule has 0 fully saturated rings. The molecular weight excluding hydrogens is 315 g/mol.